The average Bonchev–Trinajstić information content (AvgIpc) is 2.44. The SMILES string of the molecule is CCC(CC)C(c1cccc(F)c1)c1cccc(F)c1. The standard InChI is InChI=1S/C18H20F2/c1-3-13(4-2)18(14-7-5-9-16(19)11-14)15-8-6-10-17(20)12-15/h5-13,18H,3-4H2,1-2H3. The minimum Gasteiger partial charge on any atom is -0.207 e. The molecule has 0 fully saturated rings. The van der Waals surface area contributed by atoms with Gasteiger partial charge in [0.15, 0.2) is 0 Å². The maximum Gasteiger partial charge on any atom is 0.123 e. The van der Waals surface area contributed by atoms with E-state index in [1.165, 1.54) is 12.1 Å². The van der Waals surface area contributed by atoms with Crippen molar-refractivity contribution in [3.05, 3.63) is 71.3 Å². The monoisotopic (exact) mass is 274 g/mol. The summed E-state index contributed by atoms with van der Waals surface area (Å²) in [5, 5.41) is 0. The van der Waals surface area contributed by atoms with Gasteiger partial charge in [-0.05, 0) is 41.3 Å². The molecule has 20 heavy (non-hydrogen) atoms. The highest BCUT2D eigenvalue weighted by atomic mass is 19.1. The topological polar surface area (TPSA) is 0 Å². The van der Waals surface area contributed by atoms with Crippen LogP contribution >= 0.6 is 0 Å². The molecule has 0 saturated heterocycles. The van der Waals surface area contributed by atoms with Gasteiger partial charge in [0.2, 0.25) is 0 Å². The molecular formula is C18H20F2. The smallest absolute Gasteiger partial charge is 0.123 e. The van der Waals surface area contributed by atoms with Crippen LogP contribution in [0.1, 0.15) is 43.7 Å². The molecule has 0 bridgehead atoms. The number of hydrogen-bond donors (Lipinski definition) is 0. The molecule has 2 aromatic rings. The van der Waals surface area contributed by atoms with Crippen LogP contribution in [-0.2, 0) is 0 Å². The van der Waals surface area contributed by atoms with Gasteiger partial charge in [-0.2, -0.15) is 0 Å². The van der Waals surface area contributed by atoms with Gasteiger partial charge in [0.05, 0.1) is 0 Å². The predicted octanol–water partition coefficient (Wildman–Crippen LogP) is 5.53. The molecule has 106 valence electrons. The number of rotatable bonds is 5. The molecule has 0 aliphatic carbocycles. The lowest BCUT2D eigenvalue weighted by atomic mass is 9.78. The lowest BCUT2D eigenvalue weighted by Crippen LogP contribution is -2.13. The largest absolute Gasteiger partial charge is 0.207 e. The first-order valence-corrected chi connectivity index (χ1v) is 7.16. The van der Waals surface area contributed by atoms with Crippen molar-refractivity contribution in [2.45, 2.75) is 32.6 Å². The molecule has 0 radical (unpaired) electrons. The summed E-state index contributed by atoms with van der Waals surface area (Å²) in [4.78, 5) is 0. The fourth-order valence-electron chi connectivity index (χ4n) is 2.90. The van der Waals surface area contributed by atoms with Crippen molar-refractivity contribution in [1.29, 1.82) is 0 Å². The lowest BCUT2D eigenvalue weighted by molar-refractivity contribution is 0.435. The number of benzene rings is 2. The van der Waals surface area contributed by atoms with Crippen LogP contribution in [0.3, 0.4) is 0 Å². The molecule has 0 saturated carbocycles. The maximum absolute atomic E-state index is 13.5. The van der Waals surface area contributed by atoms with E-state index in [2.05, 4.69) is 13.8 Å². The zero-order chi connectivity index (χ0) is 14.5. The van der Waals surface area contributed by atoms with Gasteiger partial charge >= 0.3 is 0 Å². The Hall–Kier alpha value is -1.70. The Morgan fingerprint density at radius 3 is 1.60 bits per heavy atom. The van der Waals surface area contributed by atoms with Gasteiger partial charge in [-0.1, -0.05) is 51.0 Å². The highest BCUT2D eigenvalue weighted by Crippen LogP contribution is 2.36. The Morgan fingerprint density at radius 1 is 0.800 bits per heavy atom. The van der Waals surface area contributed by atoms with Gasteiger partial charge in [0.1, 0.15) is 11.6 Å². The van der Waals surface area contributed by atoms with Crippen molar-refractivity contribution >= 4 is 0 Å². The summed E-state index contributed by atoms with van der Waals surface area (Å²) in [6.07, 6.45) is 1.96. The fraction of sp³-hybridized carbons (Fsp3) is 0.333. The molecule has 0 aliphatic heterocycles. The van der Waals surface area contributed by atoms with Gasteiger partial charge in [0.25, 0.3) is 0 Å². The van der Waals surface area contributed by atoms with Gasteiger partial charge < -0.3 is 0 Å². The normalized spacial score (nSPS) is 11.3. The van der Waals surface area contributed by atoms with Crippen molar-refractivity contribution < 1.29 is 8.78 Å². The summed E-state index contributed by atoms with van der Waals surface area (Å²) in [6, 6.07) is 13.3. The first kappa shape index (κ1) is 14.7. The molecule has 2 rings (SSSR count). The van der Waals surface area contributed by atoms with Crippen LogP contribution in [0.2, 0.25) is 0 Å². The van der Waals surface area contributed by atoms with Crippen LogP contribution < -0.4 is 0 Å². The molecule has 0 heterocycles. The van der Waals surface area contributed by atoms with Crippen LogP contribution in [-0.4, -0.2) is 0 Å². The second-order valence-corrected chi connectivity index (χ2v) is 5.16. The van der Waals surface area contributed by atoms with E-state index in [4.69, 9.17) is 0 Å². The molecule has 0 spiro atoms. The van der Waals surface area contributed by atoms with Crippen LogP contribution in [0.5, 0.6) is 0 Å². The minimum atomic E-state index is -0.241. The van der Waals surface area contributed by atoms with Crippen LogP contribution in [0.25, 0.3) is 0 Å². The molecular weight excluding hydrogens is 254 g/mol. The van der Waals surface area contributed by atoms with Crippen molar-refractivity contribution in [3.8, 4) is 0 Å². The second-order valence-electron chi connectivity index (χ2n) is 5.16. The zero-order valence-electron chi connectivity index (χ0n) is 11.9. The van der Waals surface area contributed by atoms with Crippen molar-refractivity contribution in [2.24, 2.45) is 5.92 Å². The average molecular weight is 274 g/mol. The van der Waals surface area contributed by atoms with E-state index in [1.54, 1.807) is 24.3 Å². The van der Waals surface area contributed by atoms with E-state index < -0.39 is 0 Å². The quantitative estimate of drug-likeness (QED) is 0.672. The minimum absolute atomic E-state index is 0.0383. The van der Waals surface area contributed by atoms with Crippen molar-refractivity contribution in [1.82, 2.24) is 0 Å². The first-order chi connectivity index (χ1) is 9.65. The van der Waals surface area contributed by atoms with E-state index in [0.29, 0.717) is 5.92 Å². The van der Waals surface area contributed by atoms with Crippen molar-refractivity contribution in [2.75, 3.05) is 0 Å². The van der Waals surface area contributed by atoms with Gasteiger partial charge in [0, 0.05) is 5.92 Å². The van der Waals surface area contributed by atoms with Crippen LogP contribution in [0.15, 0.2) is 48.5 Å². The summed E-state index contributed by atoms with van der Waals surface area (Å²) in [5.41, 5.74) is 1.84. The molecule has 0 aromatic heterocycles. The van der Waals surface area contributed by atoms with Gasteiger partial charge in [-0.15, -0.1) is 0 Å². The highest BCUT2D eigenvalue weighted by molar-refractivity contribution is 5.34. The molecule has 0 N–H and O–H groups in total. The molecule has 0 aliphatic rings. The Morgan fingerprint density at radius 2 is 1.25 bits per heavy atom. The summed E-state index contributed by atoms with van der Waals surface area (Å²) < 4.78 is 27.0. The Balaban J connectivity index is 2.49. The molecule has 2 heteroatoms. The van der Waals surface area contributed by atoms with Crippen LogP contribution in [0.4, 0.5) is 8.78 Å². The van der Waals surface area contributed by atoms with Crippen molar-refractivity contribution in [3.63, 3.8) is 0 Å². The first-order valence-electron chi connectivity index (χ1n) is 7.16. The molecule has 0 nitrogen and oxygen atoms in total. The predicted molar refractivity (Wildman–Crippen MR) is 78.7 cm³/mol. The summed E-state index contributed by atoms with van der Waals surface area (Å²) in [5.74, 6) is -0.0697. The Kier molecular flexibility index (Phi) is 4.89. The van der Waals surface area contributed by atoms with E-state index in [9.17, 15) is 8.78 Å². The third kappa shape index (κ3) is 3.24. The number of hydrogen-bond acceptors (Lipinski definition) is 0. The number of halogens is 2. The molecule has 0 amide bonds. The molecule has 0 unspecified atom stereocenters. The van der Waals surface area contributed by atoms with Gasteiger partial charge in [-0.25, -0.2) is 8.78 Å². The van der Waals surface area contributed by atoms with Gasteiger partial charge in [-0.3, -0.25) is 0 Å². The summed E-state index contributed by atoms with van der Waals surface area (Å²) >= 11 is 0. The molecule has 0 atom stereocenters. The Bertz CT molecular complexity index is 513. The van der Waals surface area contributed by atoms with E-state index in [0.717, 1.165) is 24.0 Å². The zero-order valence-corrected chi connectivity index (χ0v) is 11.9. The third-order valence-corrected chi connectivity index (χ3v) is 3.94. The Labute approximate surface area is 119 Å². The molecule has 2 aromatic carbocycles. The fourth-order valence-corrected chi connectivity index (χ4v) is 2.90. The third-order valence-electron chi connectivity index (χ3n) is 3.94. The van der Waals surface area contributed by atoms with E-state index in [-0.39, 0.29) is 17.6 Å². The van der Waals surface area contributed by atoms with Crippen LogP contribution in [0, 0.1) is 17.6 Å². The lowest BCUT2D eigenvalue weighted by Gasteiger charge is -2.26. The van der Waals surface area contributed by atoms with E-state index >= 15 is 0 Å². The summed E-state index contributed by atoms with van der Waals surface area (Å²) in [7, 11) is 0. The van der Waals surface area contributed by atoms with E-state index in [1.807, 2.05) is 12.1 Å². The maximum atomic E-state index is 13.5. The summed E-state index contributed by atoms with van der Waals surface area (Å²) in [6.45, 7) is 4.25. The second kappa shape index (κ2) is 6.65. The highest BCUT2D eigenvalue weighted by Gasteiger charge is 2.23.